The molecule has 0 aliphatic heterocycles. The number of ether oxygens (including phenoxy) is 1. The summed E-state index contributed by atoms with van der Waals surface area (Å²) in [5.41, 5.74) is 0.323. The molecule has 0 aromatic heterocycles. The molecular weight excluding hydrogens is 228 g/mol. The molecule has 18 heavy (non-hydrogen) atoms. The van der Waals surface area contributed by atoms with Crippen molar-refractivity contribution < 1.29 is 14.6 Å². The lowest BCUT2D eigenvalue weighted by atomic mass is 9.76. The molecule has 1 saturated carbocycles. The Morgan fingerprint density at radius 1 is 1.28 bits per heavy atom. The zero-order valence-corrected chi connectivity index (χ0v) is 12.2. The first-order valence-corrected chi connectivity index (χ1v) is 7.21. The molecule has 1 aliphatic carbocycles. The second-order valence-electron chi connectivity index (χ2n) is 6.53. The van der Waals surface area contributed by atoms with E-state index in [4.69, 9.17) is 4.74 Å². The van der Waals surface area contributed by atoms with Gasteiger partial charge in [0.1, 0.15) is 0 Å². The van der Waals surface area contributed by atoms with Gasteiger partial charge in [0.2, 0.25) is 0 Å². The molecule has 3 atom stereocenters. The van der Waals surface area contributed by atoms with E-state index in [9.17, 15) is 9.90 Å². The Bertz CT molecular complexity index is 267. The summed E-state index contributed by atoms with van der Waals surface area (Å²) in [7, 11) is 0. The van der Waals surface area contributed by atoms with Crippen LogP contribution in [0.25, 0.3) is 0 Å². The van der Waals surface area contributed by atoms with Crippen LogP contribution in [-0.2, 0) is 9.53 Å². The molecule has 106 valence electrons. The number of aliphatic hydroxyl groups is 1. The number of carbonyl (C=O) groups excluding carboxylic acids is 1. The van der Waals surface area contributed by atoms with Gasteiger partial charge in [0.05, 0.1) is 6.61 Å². The van der Waals surface area contributed by atoms with Gasteiger partial charge in [-0.15, -0.1) is 0 Å². The Kier molecular flexibility index (Phi) is 5.64. The van der Waals surface area contributed by atoms with Gasteiger partial charge in [0.25, 0.3) is 0 Å². The molecule has 0 radical (unpaired) electrons. The van der Waals surface area contributed by atoms with Gasteiger partial charge in [-0.2, -0.15) is 0 Å². The van der Waals surface area contributed by atoms with Gasteiger partial charge in [-0.1, -0.05) is 27.2 Å². The van der Waals surface area contributed by atoms with Crippen LogP contribution in [0, 0.1) is 17.3 Å². The molecule has 3 heteroatoms. The highest BCUT2D eigenvalue weighted by Gasteiger charge is 2.33. The molecule has 1 fully saturated rings. The predicted molar refractivity (Wildman–Crippen MR) is 72.2 cm³/mol. The third-order valence-corrected chi connectivity index (χ3v) is 4.21. The molecule has 0 saturated heterocycles. The molecule has 0 spiro atoms. The molecule has 3 unspecified atom stereocenters. The summed E-state index contributed by atoms with van der Waals surface area (Å²) >= 11 is 0. The van der Waals surface area contributed by atoms with Crippen molar-refractivity contribution in [3.63, 3.8) is 0 Å². The van der Waals surface area contributed by atoms with Gasteiger partial charge in [-0.25, -0.2) is 4.79 Å². The van der Waals surface area contributed by atoms with E-state index < -0.39 is 12.1 Å². The lowest BCUT2D eigenvalue weighted by molar-refractivity contribution is -0.156. The van der Waals surface area contributed by atoms with Crippen LogP contribution in [0.5, 0.6) is 0 Å². The van der Waals surface area contributed by atoms with E-state index in [0.717, 1.165) is 25.7 Å². The van der Waals surface area contributed by atoms with E-state index in [2.05, 4.69) is 20.8 Å². The van der Waals surface area contributed by atoms with Gasteiger partial charge in [-0.05, 0) is 49.9 Å². The summed E-state index contributed by atoms with van der Waals surface area (Å²) in [6, 6.07) is 0. The van der Waals surface area contributed by atoms with E-state index in [1.54, 1.807) is 6.92 Å². The van der Waals surface area contributed by atoms with Crippen molar-refractivity contribution in [1.82, 2.24) is 0 Å². The minimum atomic E-state index is -0.927. The van der Waals surface area contributed by atoms with Gasteiger partial charge < -0.3 is 9.84 Å². The SMILES string of the molecule is CCOC(=O)C(O)C1CCCC(C(C)(C)C)CC1. The molecule has 1 aliphatic rings. The summed E-state index contributed by atoms with van der Waals surface area (Å²) < 4.78 is 4.90. The number of hydrogen-bond donors (Lipinski definition) is 1. The van der Waals surface area contributed by atoms with Crippen LogP contribution in [0.3, 0.4) is 0 Å². The molecule has 0 aromatic carbocycles. The maximum atomic E-state index is 11.6. The fourth-order valence-electron chi connectivity index (χ4n) is 2.93. The van der Waals surface area contributed by atoms with Crippen LogP contribution < -0.4 is 0 Å². The van der Waals surface area contributed by atoms with E-state index in [0.29, 0.717) is 17.9 Å². The van der Waals surface area contributed by atoms with Crippen molar-refractivity contribution in [3.05, 3.63) is 0 Å². The molecule has 0 heterocycles. The Hall–Kier alpha value is -0.570. The standard InChI is InChI=1S/C15H28O3/c1-5-18-14(17)13(16)11-7-6-8-12(10-9-11)15(2,3)4/h11-13,16H,5-10H2,1-4H3. The van der Waals surface area contributed by atoms with Crippen molar-refractivity contribution in [1.29, 1.82) is 0 Å². The van der Waals surface area contributed by atoms with Gasteiger partial charge >= 0.3 is 5.97 Å². The lowest BCUT2D eigenvalue weighted by Gasteiger charge is -2.30. The Balaban J connectivity index is 2.54. The van der Waals surface area contributed by atoms with E-state index in [1.807, 2.05) is 0 Å². The highest BCUT2D eigenvalue weighted by atomic mass is 16.5. The smallest absolute Gasteiger partial charge is 0.335 e. The Labute approximate surface area is 111 Å². The number of esters is 1. The first-order valence-electron chi connectivity index (χ1n) is 7.21. The quantitative estimate of drug-likeness (QED) is 0.623. The van der Waals surface area contributed by atoms with Crippen LogP contribution in [0.15, 0.2) is 0 Å². The number of hydrogen-bond acceptors (Lipinski definition) is 3. The first kappa shape index (κ1) is 15.5. The van der Waals surface area contributed by atoms with E-state index in [1.165, 1.54) is 6.42 Å². The third kappa shape index (κ3) is 4.27. The topological polar surface area (TPSA) is 46.5 Å². The summed E-state index contributed by atoms with van der Waals surface area (Å²) in [6.07, 6.45) is 4.35. The fourth-order valence-corrected chi connectivity index (χ4v) is 2.93. The van der Waals surface area contributed by atoms with Crippen LogP contribution in [-0.4, -0.2) is 23.8 Å². The van der Waals surface area contributed by atoms with Gasteiger partial charge in [0.15, 0.2) is 6.10 Å². The molecule has 1 rings (SSSR count). The highest BCUT2D eigenvalue weighted by molar-refractivity contribution is 5.74. The summed E-state index contributed by atoms with van der Waals surface area (Å²) in [5, 5.41) is 10.0. The van der Waals surface area contributed by atoms with E-state index in [-0.39, 0.29) is 5.92 Å². The molecule has 0 aromatic rings. The normalized spacial score (nSPS) is 27.4. The van der Waals surface area contributed by atoms with Crippen LogP contribution in [0.1, 0.15) is 59.8 Å². The number of aliphatic hydroxyl groups excluding tert-OH is 1. The van der Waals surface area contributed by atoms with Crippen molar-refractivity contribution in [2.45, 2.75) is 65.9 Å². The second-order valence-corrected chi connectivity index (χ2v) is 6.53. The zero-order chi connectivity index (χ0) is 13.8. The summed E-state index contributed by atoms with van der Waals surface area (Å²) in [6.45, 7) is 8.94. The Morgan fingerprint density at radius 2 is 1.94 bits per heavy atom. The van der Waals surface area contributed by atoms with Crippen molar-refractivity contribution in [2.75, 3.05) is 6.61 Å². The molecule has 1 N–H and O–H groups in total. The van der Waals surface area contributed by atoms with Crippen LogP contribution in [0.4, 0.5) is 0 Å². The number of carbonyl (C=O) groups is 1. The summed E-state index contributed by atoms with van der Waals surface area (Å²) in [5.74, 6) is 0.324. The monoisotopic (exact) mass is 256 g/mol. The maximum absolute atomic E-state index is 11.6. The molecule has 0 amide bonds. The van der Waals surface area contributed by atoms with Crippen LogP contribution >= 0.6 is 0 Å². The zero-order valence-electron chi connectivity index (χ0n) is 12.2. The van der Waals surface area contributed by atoms with E-state index >= 15 is 0 Å². The minimum Gasteiger partial charge on any atom is -0.464 e. The van der Waals surface area contributed by atoms with Crippen molar-refractivity contribution in [2.24, 2.45) is 17.3 Å². The second kappa shape index (κ2) is 6.55. The number of rotatable bonds is 3. The predicted octanol–water partition coefficient (Wildman–Crippen LogP) is 3.15. The Morgan fingerprint density at radius 3 is 2.50 bits per heavy atom. The molecule has 3 nitrogen and oxygen atoms in total. The van der Waals surface area contributed by atoms with Crippen LogP contribution in [0.2, 0.25) is 0 Å². The largest absolute Gasteiger partial charge is 0.464 e. The minimum absolute atomic E-state index is 0.0800. The third-order valence-electron chi connectivity index (χ3n) is 4.21. The maximum Gasteiger partial charge on any atom is 0.335 e. The first-order chi connectivity index (χ1) is 8.36. The van der Waals surface area contributed by atoms with Crippen molar-refractivity contribution in [3.8, 4) is 0 Å². The summed E-state index contributed by atoms with van der Waals surface area (Å²) in [4.78, 5) is 11.6. The molecule has 0 bridgehead atoms. The molecular formula is C15H28O3. The van der Waals surface area contributed by atoms with Crippen molar-refractivity contribution >= 4 is 5.97 Å². The average molecular weight is 256 g/mol. The fraction of sp³-hybridized carbons (Fsp3) is 0.933. The highest BCUT2D eigenvalue weighted by Crippen LogP contribution is 2.39. The van der Waals surface area contributed by atoms with Gasteiger partial charge in [-0.3, -0.25) is 0 Å². The average Bonchev–Trinajstić information content (AvgIpc) is 2.53. The van der Waals surface area contributed by atoms with Gasteiger partial charge in [0, 0.05) is 0 Å². The lowest BCUT2D eigenvalue weighted by Crippen LogP contribution is -2.31.